The number of sulfone groups is 1. The van der Waals surface area contributed by atoms with Gasteiger partial charge in [-0.05, 0) is 43.1 Å². The van der Waals surface area contributed by atoms with E-state index in [1.807, 2.05) is 0 Å². The number of hydrogen-bond acceptors (Lipinski definition) is 4. The fourth-order valence-corrected chi connectivity index (χ4v) is 4.22. The number of benzene rings is 1. The van der Waals surface area contributed by atoms with Crippen LogP contribution in [0.3, 0.4) is 0 Å². The summed E-state index contributed by atoms with van der Waals surface area (Å²) in [4.78, 5) is 14.1. The molecular weight excluding hydrogens is 307 g/mol. The van der Waals surface area contributed by atoms with Crippen molar-refractivity contribution in [2.24, 2.45) is 17.6 Å². The predicted molar refractivity (Wildman–Crippen MR) is 81.4 cm³/mol. The third-order valence-corrected chi connectivity index (χ3v) is 5.92. The lowest BCUT2D eigenvalue weighted by Gasteiger charge is -2.21. The predicted octanol–water partition coefficient (Wildman–Crippen LogP) is 1.04. The summed E-state index contributed by atoms with van der Waals surface area (Å²) in [5.41, 5.74) is 5.60. The molecule has 0 radical (unpaired) electrons. The molecule has 2 unspecified atom stereocenters. The number of carbonyl (C=O) groups is 1. The van der Waals surface area contributed by atoms with E-state index in [9.17, 15) is 17.6 Å². The summed E-state index contributed by atoms with van der Waals surface area (Å²) in [5.74, 6) is -1.27. The quantitative estimate of drug-likeness (QED) is 0.819. The molecular formula is C15H21FN2O3S. The van der Waals surface area contributed by atoms with E-state index in [1.165, 1.54) is 12.1 Å². The summed E-state index contributed by atoms with van der Waals surface area (Å²) in [6, 6.07) is 4.65. The van der Waals surface area contributed by atoms with E-state index >= 15 is 0 Å². The molecule has 2 atom stereocenters. The molecule has 0 aliphatic carbocycles. The highest BCUT2D eigenvalue weighted by Gasteiger charge is 2.31. The van der Waals surface area contributed by atoms with Gasteiger partial charge >= 0.3 is 0 Å². The molecule has 0 spiro atoms. The van der Waals surface area contributed by atoms with Gasteiger partial charge in [0.25, 0.3) is 0 Å². The van der Waals surface area contributed by atoms with Crippen molar-refractivity contribution >= 4 is 15.7 Å². The topological polar surface area (TPSA) is 80.5 Å². The average molecular weight is 328 g/mol. The summed E-state index contributed by atoms with van der Waals surface area (Å²) in [7, 11) is -3.61. The van der Waals surface area contributed by atoms with Gasteiger partial charge in [0, 0.05) is 19.0 Å². The van der Waals surface area contributed by atoms with Crippen LogP contribution >= 0.6 is 0 Å². The Kier molecular flexibility index (Phi) is 5.18. The number of halogens is 1. The van der Waals surface area contributed by atoms with Crippen LogP contribution in [0.1, 0.15) is 13.3 Å². The van der Waals surface area contributed by atoms with Gasteiger partial charge in [0.1, 0.15) is 5.82 Å². The van der Waals surface area contributed by atoms with Crippen LogP contribution in [0.5, 0.6) is 0 Å². The molecule has 1 saturated heterocycles. The molecule has 1 aliphatic rings. The Labute approximate surface area is 130 Å². The molecule has 0 aromatic heterocycles. The van der Waals surface area contributed by atoms with Gasteiger partial charge in [-0.25, -0.2) is 12.8 Å². The van der Waals surface area contributed by atoms with Crippen LogP contribution in [-0.2, 0) is 14.6 Å². The Morgan fingerprint density at radius 1 is 1.41 bits per heavy atom. The van der Waals surface area contributed by atoms with Gasteiger partial charge in [0.05, 0.1) is 10.6 Å². The minimum Gasteiger partial charge on any atom is -0.342 e. The molecule has 5 nitrogen and oxygen atoms in total. The summed E-state index contributed by atoms with van der Waals surface area (Å²) >= 11 is 0. The van der Waals surface area contributed by atoms with Gasteiger partial charge in [-0.1, -0.05) is 6.92 Å². The molecule has 1 aliphatic heterocycles. The maximum absolute atomic E-state index is 12.9. The van der Waals surface area contributed by atoms with Crippen LogP contribution in [-0.4, -0.2) is 44.6 Å². The van der Waals surface area contributed by atoms with Crippen molar-refractivity contribution in [3.8, 4) is 0 Å². The number of carbonyl (C=O) groups excluding carboxylic acids is 1. The SMILES string of the molecule is CC(CS(=O)(=O)c1ccc(F)cc1)C(=O)N1CCC(CN)C1. The molecule has 2 N–H and O–H groups in total. The summed E-state index contributed by atoms with van der Waals surface area (Å²) in [5, 5.41) is 0. The second kappa shape index (κ2) is 6.75. The Morgan fingerprint density at radius 2 is 2.05 bits per heavy atom. The smallest absolute Gasteiger partial charge is 0.226 e. The molecule has 2 rings (SSSR count). The molecule has 1 heterocycles. The first kappa shape index (κ1) is 16.9. The lowest BCUT2D eigenvalue weighted by Crippen LogP contribution is -2.36. The lowest BCUT2D eigenvalue weighted by atomic mass is 10.1. The number of amides is 1. The average Bonchev–Trinajstić information content (AvgIpc) is 2.95. The van der Waals surface area contributed by atoms with Gasteiger partial charge in [-0.2, -0.15) is 0 Å². The van der Waals surface area contributed by atoms with Crippen LogP contribution in [0.25, 0.3) is 0 Å². The summed E-state index contributed by atoms with van der Waals surface area (Å²) in [6.07, 6.45) is 0.861. The van der Waals surface area contributed by atoms with Gasteiger partial charge in [0.2, 0.25) is 5.91 Å². The van der Waals surface area contributed by atoms with Crippen molar-refractivity contribution in [2.45, 2.75) is 18.2 Å². The minimum atomic E-state index is -3.61. The van der Waals surface area contributed by atoms with Crippen LogP contribution < -0.4 is 5.73 Å². The first-order chi connectivity index (χ1) is 10.3. The molecule has 0 saturated carbocycles. The largest absolute Gasteiger partial charge is 0.342 e. The molecule has 7 heteroatoms. The Morgan fingerprint density at radius 3 is 2.59 bits per heavy atom. The summed E-state index contributed by atoms with van der Waals surface area (Å²) < 4.78 is 37.4. The van der Waals surface area contributed by atoms with E-state index in [2.05, 4.69) is 0 Å². The van der Waals surface area contributed by atoms with Crippen LogP contribution in [0.2, 0.25) is 0 Å². The normalized spacial score (nSPS) is 20.1. The van der Waals surface area contributed by atoms with Crippen molar-refractivity contribution < 1.29 is 17.6 Å². The van der Waals surface area contributed by atoms with E-state index in [0.717, 1.165) is 18.6 Å². The van der Waals surface area contributed by atoms with Gasteiger partial charge in [-0.15, -0.1) is 0 Å². The third kappa shape index (κ3) is 3.84. The number of nitrogens with two attached hydrogens (primary N) is 1. The first-order valence-corrected chi connectivity index (χ1v) is 8.96. The van der Waals surface area contributed by atoms with E-state index < -0.39 is 21.6 Å². The van der Waals surface area contributed by atoms with E-state index in [0.29, 0.717) is 25.6 Å². The monoisotopic (exact) mass is 328 g/mol. The number of hydrogen-bond donors (Lipinski definition) is 1. The second-order valence-corrected chi connectivity index (χ2v) is 7.85. The van der Waals surface area contributed by atoms with E-state index in [4.69, 9.17) is 5.73 Å². The van der Waals surface area contributed by atoms with Crippen molar-refractivity contribution in [3.05, 3.63) is 30.1 Å². The number of rotatable bonds is 5. The van der Waals surface area contributed by atoms with Gasteiger partial charge in [-0.3, -0.25) is 4.79 Å². The Bertz CT molecular complexity index is 631. The van der Waals surface area contributed by atoms with Crippen LogP contribution in [0, 0.1) is 17.7 Å². The number of likely N-dealkylation sites (tertiary alicyclic amines) is 1. The zero-order chi connectivity index (χ0) is 16.3. The maximum Gasteiger partial charge on any atom is 0.226 e. The van der Waals surface area contributed by atoms with Crippen LogP contribution in [0.4, 0.5) is 4.39 Å². The second-order valence-electron chi connectivity index (χ2n) is 5.81. The fraction of sp³-hybridized carbons (Fsp3) is 0.533. The highest BCUT2D eigenvalue weighted by atomic mass is 32.2. The maximum atomic E-state index is 12.9. The van der Waals surface area contributed by atoms with Gasteiger partial charge < -0.3 is 10.6 Å². The van der Waals surface area contributed by atoms with Crippen molar-refractivity contribution in [3.63, 3.8) is 0 Å². The zero-order valence-corrected chi connectivity index (χ0v) is 13.4. The third-order valence-electron chi connectivity index (χ3n) is 3.99. The highest BCUT2D eigenvalue weighted by molar-refractivity contribution is 7.91. The molecule has 1 aromatic carbocycles. The van der Waals surface area contributed by atoms with E-state index in [-0.39, 0.29) is 16.6 Å². The van der Waals surface area contributed by atoms with Crippen molar-refractivity contribution in [1.29, 1.82) is 0 Å². The van der Waals surface area contributed by atoms with Crippen molar-refractivity contribution in [1.82, 2.24) is 4.90 Å². The highest BCUT2D eigenvalue weighted by Crippen LogP contribution is 2.20. The fourth-order valence-electron chi connectivity index (χ4n) is 2.68. The summed E-state index contributed by atoms with van der Waals surface area (Å²) in [6.45, 7) is 3.36. The van der Waals surface area contributed by atoms with E-state index in [1.54, 1.807) is 11.8 Å². The molecule has 1 amide bonds. The minimum absolute atomic E-state index is 0.0369. The molecule has 1 fully saturated rings. The lowest BCUT2D eigenvalue weighted by molar-refractivity contribution is -0.133. The van der Waals surface area contributed by atoms with Crippen LogP contribution in [0.15, 0.2) is 29.2 Å². The molecule has 1 aromatic rings. The number of nitrogens with zero attached hydrogens (tertiary/aromatic N) is 1. The Balaban J connectivity index is 2.03. The van der Waals surface area contributed by atoms with Gasteiger partial charge in [0.15, 0.2) is 9.84 Å². The molecule has 122 valence electrons. The zero-order valence-electron chi connectivity index (χ0n) is 12.5. The molecule has 22 heavy (non-hydrogen) atoms. The van der Waals surface area contributed by atoms with Crippen molar-refractivity contribution in [2.75, 3.05) is 25.4 Å². The Hall–Kier alpha value is -1.47. The first-order valence-electron chi connectivity index (χ1n) is 7.30. The molecule has 0 bridgehead atoms. The standard InChI is InChI=1S/C15H21FN2O3S/c1-11(15(19)18-7-6-12(8-17)9-18)10-22(20,21)14-4-2-13(16)3-5-14/h2-5,11-12H,6-10,17H2,1H3.